The number of methoxy groups -OCH3 is 2. The van der Waals surface area contributed by atoms with Gasteiger partial charge >= 0.3 is 0 Å². The zero-order valence-electron chi connectivity index (χ0n) is 15.2. The summed E-state index contributed by atoms with van der Waals surface area (Å²) in [6.07, 6.45) is 1.92. The normalized spacial score (nSPS) is 17.7. The summed E-state index contributed by atoms with van der Waals surface area (Å²) in [5.41, 5.74) is 1.77. The van der Waals surface area contributed by atoms with Gasteiger partial charge in [-0.05, 0) is 49.7 Å². The van der Waals surface area contributed by atoms with Gasteiger partial charge in [-0.25, -0.2) is 0 Å². The Morgan fingerprint density at radius 3 is 2.77 bits per heavy atom. The van der Waals surface area contributed by atoms with Crippen LogP contribution in [0.2, 0.25) is 5.02 Å². The molecule has 0 aliphatic carbocycles. The van der Waals surface area contributed by atoms with Crippen LogP contribution in [0.5, 0.6) is 11.5 Å². The van der Waals surface area contributed by atoms with Gasteiger partial charge in [0, 0.05) is 35.2 Å². The molecule has 0 spiro atoms. The van der Waals surface area contributed by atoms with Gasteiger partial charge in [-0.3, -0.25) is 9.69 Å². The number of ketones is 1. The molecule has 1 aliphatic rings. The summed E-state index contributed by atoms with van der Waals surface area (Å²) in [5, 5.41) is 0.602. The van der Waals surface area contributed by atoms with Crippen molar-refractivity contribution in [3.05, 3.63) is 58.6 Å². The molecule has 2 aromatic rings. The third-order valence-corrected chi connectivity index (χ3v) is 5.10. The van der Waals surface area contributed by atoms with Gasteiger partial charge in [0.15, 0.2) is 5.78 Å². The fraction of sp³-hybridized carbons (Fsp3) is 0.381. The first-order valence-electron chi connectivity index (χ1n) is 8.83. The maximum Gasteiger partial charge on any atom is 0.167 e. The Morgan fingerprint density at radius 2 is 2.04 bits per heavy atom. The predicted molar refractivity (Wildman–Crippen MR) is 103 cm³/mol. The third kappa shape index (κ3) is 4.37. The number of likely N-dealkylation sites (tertiary alicyclic amines) is 1. The molecule has 0 N–H and O–H groups in total. The maximum absolute atomic E-state index is 12.8. The van der Waals surface area contributed by atoms with Crippen LogP contribution in [0.25, 0.3) is 0 Å². The smallest absolute Gasteiger partial charge is 0.167 e. The third-order valence-electron chi connectivity index (χ3n) is 4.87. The lowest BCUT2D eigenvalue weighted by Gasteiger charge is -2.32. The van der Waals surface area contributed by atoms with E-state index in [1.807, 2.05) is 30.3 Å². The Balaban J connectivity index is 1.72. The Hall–Kier alpha value is -2.04. The number of ether oxygens (including phenoxy) is 2. The second-order valence-electron chi connectivity index (χ2n) is 6.63. The monoisotopic (exact) mass is 373 g/mol. The highest BCUT2D eigenvalue weighted by atomic mass is 35.5. The molecule has 2 aromatic carbocycles. The molecule has 1 heterocycles. The average Bonchev–Trinajstić information content (AvgIpc) is 2.67. The van der Waals surface area contributed by atoms with Crippen LogP contribution in [-0.4, -0.2) is 38.0 Å². The Bertz CT molecular complexity index is 778. The number of hydrogen-bond acceptors (Lipinski definition) is 4. The molecule has 1 atom stereocenters. The highest BCUT2D eigenvalue weighted by molar-refractivity contribution is 6.31. The summed E-state index contributed by atoms with van der Waals surface area (Å²) in [4.78, 5) is 15.2. The number of hydrogen-bond donors (Lipinski definition) is 0. The fourth-order valence-electron chi connectivity index (χ4n) is 3.54. The van der Waals surface area contributed by atoms with Crippen molar-refractivity contribution >= 4 is 17.4 Å². The van der Waals surface area contributed by atoms with Crippen LogP contribution in [0.1, 0.15) is 28.8 Å². The lowest BCUT2D eigenvalue weighted by molar-refractivity contribution is 0.0810. The highest BCUT2D eigenvalue weighted by Crippen LogP contribution is 2.28. The van der Waals surface area contributed by atoms with Crippen LogP contribution in [0, 0.1) is 5.92 Å². The van der Waals surface area contributed by atoms with E-state index in [4.69, 9.17) is 21.1 Å². The fourth-order valence-corrected chi connectivity index (χ4v) is 3.73. The summed E-state index contributed by atoms with van der Waals surface area (Å²) in [6.45, 7) is 2.45. The van der Waals surface area contributed by atoms with Crippen molar-refractivity contribution in [1.82, 2.24) is 4.90 Å². The molecule has 0 bridgehead atoms. The Kier molecular flexibility index (Phi) is 6.17. The van der Waals surface area contributed by atoms with Crippen LogP contribution in [0.3, 0.4) is 0 Å². The van der Waals surface area contributed by atoms with Gasteiger partial charge in [0.2, 0.25) is 0 Å². The number of Topliss-reactive ketones (excluding diaryl/α,β-unsaturated/α-hetero) is 1. The first kappa shape index (κ1) is 18.7. The van der Waals surface area contributed by atoms with Gasteiger partial charge in [0.1, 0.15) is 11.5 Å². The van der Waals surface area contributed by atoms with Gasteiger partial charge in [0.05, 0.1) is 14.2 Å². The number of benzene rings is 2. The highest BCUT2D eigenvalue weighted by Gasteiger charge is 2.27. The zero-order chi connectivity index (χ0) is 18.5. The van der Waals surface area contributed by atoms with Gasteiger partial charge in [0.25, 0.3) is 0 Å². The lowest BCUT2D eigenvalue weighted by Crippen LogP contribution is -2.38. The molecule has 1 saturated heterocycles. The minimum Gasteiger partial charge on any atom is -0.497 e. The Morgan fingerprint density at radius 1 is 1.19 bits per heavy atom. The molecule has 0 amide bonds. The first-order chi connectivity index (χ1) is 12.6. The number of carbonyl (C=O) groups excluding carboxylic acids is 1. The summed E-state index contributed by atoms with van der Waals surface area (Å²) >= 11 is 6.04. The van der Waals surface area contributed by atoms with Crippen LogP contribution in [-0.2, 0) is 6.54 Å². The zero-order valence-corrected chi connectivity index (χ0v) is 16.0. The van der Waals surface area contributed by atoms with Crippen molar-refractivity contribution in [2.24, 2.45) is 5.92 Å². The minimum atomic E-state index is -0.00109. The summed E-state index contributed by atoms with van der Waals surface area (Å²) < 4.78 is 10.8. The van der Waals surface area contributed by atoms with Crippen LogP contribution in [0.4, 0.5) is 0 Å². The maximum atomic E-state index is 12.8. The predicted octanol–water partition coefficient (Wildman–Crippen LogP) is 4.45. The first-order valence-corrected chi connectivity index (χ1v) is 9.21. The molecule has 5 heteroatoms. The van der Waals surface area contributed by atoms with E-state index in [-0.39, 0.29) is 11.7 Å². The largest absolute Gasteiger partial charge is 0.497 e. The summed E-state index contributed by atoms with van der Waals surface area (Å²) in [6, 6.07) is 13.0. The van der Waals surface area contributed by atoms with Crippen molar-refractivity contribution < 1.29 is 14.3 Å². The summed E-state index contributed by atoms with van der Waals surface area (Å²) in [5.74, 6) is 1.83. The molecular formula is C21H24ClNO3. The molecule has 1 fully saturated rings. The van der Waals surface area contributed by atoms with Gasteiger partial charge in [-0.1, -0.05) is 23.7 Å². The standard InChI is InChI=1S/C21H24ClNO3/c1-25-19-8-9-20(26-2)17(12-19)14-23-10-4-6-16(13-23)21(24)15-5-3-7-18(22)11-15/h3,5,7-9,11-12,16H,4,6,10,13-14H2,1-2H3/t16-/m1/s1. The van der Waals surface area contributed by atoms with E-state index in [0.29, 0.717) is 10.6 Å². The number of carbonyl (C=O) groups is 1. The second-order valence-corrected chi connectivity index (χ2v) is 7.06. The van der Waals surface area contributed by atoms with Gasteiger partial charge < -0.3 is 9.47 Å². The topological polar surface area (TPSA) is 38.8 Å². The van der Waals surface area contributed by atoms with E-state index < -0.39 is 0 Å². The number of rotatable bonds is 6. The molecular weight excluding hydrogens is 350 g/mol. The Labute approximate surface area is 159 Å². The quantitative estimate of drug-likeness (QED) is 0.701. The molecule has 1 aliphatic heterocycles. The van der Waals surface area contributed by atoms with Gasteiger partial charge in [-0.2, -0.15) is 0 Å². The van der Waals surface area contributed by atoms with Crippen molar-refractivity contribution in [3.63, 3.8) is 0 Å². The SMILES string of the molecule is COc1ccc(OC)c(CN2CCC[C@@H](C(=O)c3cccc(Cl)c3)C2)c1. The van der Waals surface area contributed by atoms with E-state index in [0.717, 1.165) is 49.5 Å². The van der Waals surface area contributed by atoms with E-state index in [2.05, 4.69) is 4.90 Å². The van der Waals surface area contributed by atoms with Gasteiger partial charge in [-0.15, -0.1) is 0 Å². The number of piperidine rings is 1. The molecule has 0 saturated carbocycles. The minimum absolute atomic E-state index is 0.00109. The molecule has 3 rings (SSSR count). The van der Waals surface area contributed by atoms with Crippen molar-refractivity contribution in [2.75, 3.05) is 27.3 Å². The van der Waals surface area contributed by atoms with E-state index in [1.165, 1.54) is 0 Å². The van der Waals surface area contributed by atoms with Crippen LogP contribution >= 0.6 is 11.6 Å². The molecule has 4 nitrogen and oxygen atoms in total. The second kappa shape index (κ2) is 8.56. The van der Waals surface area contributed by atoms with Crippen molar-refractivity contribution in [3.8, 4) is 11.5 Å². The van der Waals surface area contributed by atoms with Crippen LogP contribution in [0.15, 0.2) is 42.5 Å². The van der Waals surface area contributed by atoms with Crippen molar-refractivity contribution in [2.45, 2.75) is 19.4 Å². The van der Waals surface area contributed by atoms with Crippen LogP contribution < -0.4 is 9.47 Å². The van der Waals surface area contributed by atoms with E-state index in [1.54, 1.807) is 26.4 Å². The number of nitrogens with zero attached hydrogens (tertiary/aromatic N) is 1. The molecule has 0 aromatic heterocycles. The molecule has 0 unspecified atom stereocenters. The van der Waals surface area contributed by atoms with E-state index in [9.17, 15) is 4.79 Å². The number of halogens is 1. The van der Waals surface area contributed by atoms with E-state index >= 15 is 0 Å². The van der Waals surface area contributed by atoms with Crippen molar-refractivity contribution in [1.29, 1.82) is 0 Å². The average molecular weight is 374 g/mol. The molecule has 26 heavy (non-hydrogen) atoms. The summed E-state index contributed by atoms with van der Waals surface area (Å²) in [7, 11) is 3.33. The molecule has 138 valence electrons. The lowest BCUT2D eigenvalue weighted by atomic mass is 9.90. The molecule has 0 radical (unpaired) electrons.